The van der Waals surface area contributed by atoms with Crippen molar-refractivity contribution < 1.29 is 13.2 Å². The summed E-state index contributed by atoms with van der Waals surface area (Å²) in [6.45, 7) is 0. The Hall–Kier alpha value is 0.333. The first-order valence-electron chi connectivity index (χ1n) is 1.82. The summed E-state index contributed by atoms with van der Waals surface area (Å²) in [5.41, 5.74) is 0. The van der Waals surface area contributed by atoms with Gasteiger partial charge in [0, 0.05) is 0 Å². The summed E-state index contributed by atoms with van der Waals surface area (Å²) >= 11 is -2.59. The van der Waals surface area contributed by atoms with Crippen LogP contribution in [0.15, 0.2) is 0 Å². The van der Waals surface area contributed by atoms with Crippen molar-refractivity contribution in [1.82, 2.24) is 0 Å². The Bertz CT molecular complexity index is 55.7. The molecule has 0 unspecified atom stereocenters. The number of halogens is 3. The first-order valence-corrected chi connectivity index (χ1v) is 7.06. The fraction of sp³-hybridized carbons (Fsp3) is 1.00. The van der Waals surface area contributed by atoms with Crippen molar-refractivity contribution >= 4 is 14.3 Å². The molecule has 0 N–H and O–H groups in total. The molecule has 0 saturated carbocycles. The van der Waals surface area contributed by atoms with Crippen molar-refractivity contribution in [2.24, 2.45) is 0 Å². The normalized spacial score (nSPS) is 12.9. The molecule has 0 aromatic carbocycles. The van der Waals surface area contributed by atoms with Gasteiger partial charge in [0.1, 0.15) is 0 Å². The molecule has 0 fully saturated rings. The first-order chi connectivity index (χ1) is 2.94. The van der Waals surface area contributed by atoms with Gasteiger partial charge in [0.25, 0.3) is 0 Å². The minimum atomic E-state index is -3.83. The maximum atomic E-state index is 11.3. The Morgan fingerprint density at radius 3 is 1.29 bits per heavy atom. The van der Waals surface area contributed by atoms with E-state index in [0.717, 1.165) is 0 Å². The molecule has 0 saturated heterocycles. The molecule has 0 spiro atoms. The second-order valence-electron chi connectivity index (χ2n) is 1.50. The molecule has 0 atom stereocenters. The van der Waals surface area contributed by atoms with Crippen LogP contribution in [-0.2, 0) is 0 Å². The van der Waals surface area contributed by atoms with E-state index in [4.69, 9.17) is 0 Å². The van der Waals surface area contributed by atoms with Gasteiger partial charge in [0.15, 0.2) is 0 Å². The summed E-state index contributed by atoms with van der Waals surface area (Å²) in [5.74, 6) is 2.58. The molecule has 0 aromatic rings. The van der Waals surface area contributed by atoms with Crippen LogP contribution in [0, 0.1) is 0 Å². The van der Waals surface area contributed by atoms with Crippen molar-refractivity contribution in [3.63, 3.8) is 0 Å². The van der Waals surface area contributed by atoms with Gasteiger partial charge < -0.3 is 0 Å². The second kappa shape index (κ2) is 2.07. The molecule has 43 valence electrons. The van der Waals surface area contributed by atoms with Crippen LogP contribution >= 0.6 is 0 Å². The van der Waals surface area contributed by atoms with E-state index in [-0.39, 0.29) is 0 Å². The quantitative estimate of drug-likeness (QED) is 0.488. The van der Waals surface area contributed by atoms with E-state index in [1.807, 2.05) is 0 Å². The van der Waals surface area contributed by atoms with Gasteiger partial charge in [0.2, 0.25) is 0 Å². The van der Waals surface area contributed by atoms with E-state index in [1.165, 1.54) is 11.5 Å². The topological polar surface area (TPSA) is 0 Å². The number of alkyl halides is 3. The average molecular weight is 172 g/mol. The predicted octanol–water partition coefficient (Wildman–Crippen LogP) is 1.84. The molecule has 7 heavy (non-hydrogen) atoms. The van der Waals surface area contributed by atoms with Gasteiger partial charge in [-0.3, -0.25) is 0 Å². The molecule has 1 radical (unpaired) electrons. The van der Waals surface area contributed by atoms with Crippen LogP contribution in [0.1, 0.15) is 0 Å². The standard InChI is InChI=1S/C3H6F3Ge/c1-7(2)3(4,5)6/h1-2H3. The minimum absolute atomic E-state index is 1.29. The Labute approximate surface area is 44.8 Å². The van der Waals surface area contributed by atoms with Crippen LogP contribution in [0.25, 0.3) is 0 Å². The summed E-state index contributed by atoms with van der Waals surface area (Å²) in [6.07, 6.45) is 0. The second-order valence-corrected chi connectivity index (χ2v) is 6.88. The molecule has 4 heteroatoms. The van der Waals surface area contributed by atoms with E-state index in [0.29, 0.717) is 0 Å². The predicted molar refractivity (Wildman–Crippen MR) is 23.5 cm³/mol. The van der Waals surface area contributed by atoms with Crippen molar-refractivity contribution in [3.8, 4) is 0 Å². The van der Waals surface area contributed by atoms with E-state index >= 15 is 0 Å². The van der Waals surface area contributed by atoms with E-state index in [1.54, 1.807) is 0 Å². The van der Waals surface area contributed by atoms with Crippen molar-refractivity contribution in [3.05, 3.63) is 0 Å². The molecule has 0 amide bonds. The van der Waals surface area contributed by atoms with Gasteiger partial charge in [-0.25, -0.2) is 0 Å². The molecule has 0 aromatic heterocycles. The first kappa shape index (κ1) is 7.33. The average Bonchev–Trinajstić information content (AvgIpc) is 1.31. The molecule has 0 heterocycles. The van der Waals surface area contributed by atoms with Crippen LogP contribution in [0.5, 0.6) is 0 Å². The van der Waals surface area contributed by atoms with Gasteiger partial charge in [0.05, 0.1) is 0 Å². The SMILES string of the molecule is [CH3][Ge]([CH3])[C](F)(F)F. The third kappa shape index (κ3) is 2.96. The summed E-state index contributed by atoms with van der Waals surface area (Å²) < 4.78 is 33.8. The molecule has 0 nitrogen and oxygen atoms in total. The monoisotopic (exact) mass is 173 g/mol. The summed E-state index contributed by atoms with van der Waals surface area (Å²) in [6, 6.07) is 0. The molecule has 0 aliphatic rings. The number of rotatable bonds is 0. The van der Waals surface area contributed by atoms with E-state index < -0.39 is 19.4 Å². The van der Waals surface area contributed by atoms with Crippen LogP contribution in [0.4, 0.5) is 13.2 Å². The Balaban J connectivity index is 3.54. The van der Waals surface area contributed by atoms with Gasteiger partial charge >= 0.3 is 44.0 Å². The Kier molecular flexibility index (Phi) is 2.17. The molecule has 0 aliphatic carbocycles. The fourth-order valence-corrected chi connectivity index (χ4v) is 0. The third-order valence-electron chi connectivity index (χ3n) is 0.567. The van der Waals surface area contributed by atoms with Crippen molar-refractivity contribution in [2.75, 3.05) is 0 Å². The molecular weight excluding hydrogens is 166 g/mol. The molecular formula is C3H6F3Ge. The summed E-state index contributed by atoms with van der Waals surface area (Å²) in [5, 5.41) is -3.83. The zero-order chi connectivity index (χ0) is 6.08. The van der Waals surface area contributed by atoms with Gasteiger partial charge in [-0.15, -0.1) is 0 Å². The van der Waals surface area contributed by atoms with E-state index in [9.17, 15) is 13.2 Å². The summed E-state index contributed by atoms with van der Waals surface area (Å²) in [7, 11) is 0. The Morgan fingerprint density at radius 1 is 1.14 bits per heavy atom. The van der Waals surface area contributed by atoms with Crippen molar-refractivity contribution in [1.29, 1.82) is 0 Å². The van der Waals surface area contributed by atoms with Gasteiger partial charge in [-0.2, -0.15) is 0 Å². The number of hydrogen-bond acceptors (Lipinski definition) is 0. The van der Waals surface area contributed by atoms with Crippen LogP contribution < -0.4 is 0 Å². The summed E-state index contributed by atoms with van der Waals surface area (Å²) in [4.78, 5) is 0. The molecule has 0 aliphatic heterocycles. The number of hydrogen-bond donors (Lipinski definition) is 0. The molecule has 0 bridgehead atoms. The van der Waals surface area contributed by atoms with Crippen molar-refractivity contribution in [2.45, 2.75) is 16.5 Å². The Morgan fingerprint density at radius 2 is 1.29 bits per heavy atom. The fourth-order valence-electron chi connectivity index (χ4n) is 0. The van der Waals surface area contributed by atoms with Crippen LogP contribution in [0.3, 0.4) is 0 Å². The third-order valence-corrected chi connectivity index (χ3v) is 2.95. The van der Waals surface area contributed by atoms with Gasteiger partial charge in [-0.05, 0) is 0 Å². The van der Waals surface area contributed by atoms with E-state index in [2.05, 4.69) is 0 Å². The molecule has 0 rings (SSSR count). The van der Waals surface area contributed by atoms with Crippen LogP contribution in [0.2, 0.25) is 11.5 Å². The zero-order valence-electron chi connectivity index (χ0n) is 4.13. The van der Waals surface area contributed by atoms with Crippen LogP contribution in [-0.4, -0.2) is 19.4 Å². The van der Waals surface area contributed by atoms with Gasteiger partial charge in [-0.1, -0.05) is 0 Å². The maximum absolute atomic E-state index is 11.3. The zero-order valence-corrected chi connectivity index (χ0v) is 6.23.